The lowest BCUT2D eigenvalue weighted by Gasteiger charge is -2.11. The van der Waals surface area contributed by atoms with E-state index in [1.54, 1.807) is 19.1 Å². The summed E-state index contributed by atoms with van der Waals surface area (Å²) in [6.45, 7) is 4.07. The van der Waals surface area contributed by atoms with Crippen LogP contribution in [-0.4, -0.2) is 12.7 Å². The fraction of sp³-hybridized carbons (Fsp3) is 0.188. The van der Waals surface area contributed by atoms with Crippen molar-refractivity contribution in [2.75, 3.05) is 17.2 Å². The van der Waals surface area contributed by atoms with Crippen LogP contribution < -0.4 is 10.6 Å². The Bertz CT molecular complexity index is 627. The van der Waals surface area contributed by atoms with E-state index < -0.39 is 6.09 Å². The molecule has 0 saturated carbocycles. The Hall–Kier alpha value is -2.20. The predicted octanol–water partition coefficient (Wildman–Crippen LogP) is 4.96. The lowest BCUT2D eigenvalue weighted by molar-refractivity contribution is 0.168. The van der Waals surface area contributed by atoms with Gasteiger partial charge >= 0.3 is 6.09 Å². The van der Waals surface area contributed by atoms with Crippen LogP contribution in [0.5, 0.6) is 0 Å². The molecule has 5 heteroatoms. The van der Waals surface area contributed by atoms with Crippen LogP contribution in [0.3, 0.4) is 0 Å². The first-order valence-electron chi connectivity index (χ1n) is 6.66. The molecule has 0 bridgehead atoms. The maximum Gasteiger partial charge on any atom is 0.411 e. The van der Waals surface area contributed by atoms with E-state index in [1.807, 2.05) is 37.3 Å². The first-order valence-corrected chi connectivity index (χ1v) is 7.04. The molecular formula is C16H17ClN2O2. The number of carbonyl (C=O) groups is 1. The van der Waals surface area contributed by atoms with E-state index in [1.165, 1.54) is 0 Å². The molecular weight excluding hydrogens is 288 g/mol. The molecule has 0 heterocycles. The van der Waals surface area contributed by atoms with Crippen molar-refractivity contribution < 1.29 is 9.53 Å². The van der Waals surface area contributed by atoms with Crippen LogP contribution >= 0.6 is 11.6 Å². The van der Waals surface area contributed by atoms with Gasteiger partial charge in [-0.3, -0.25) is 5.32 Å². The van der Waals surface area contributed by atoms with E-state index in [-0.39, 0.29) is 0 Å². The van der Waals surface area contributed by atoms with E-state index in [9.17, 15) is 4.79 Å². The standard InChI is InChI=1S/C16H17ClN2O2/c1-3-21-16(20)19-13-9-7-12(8-10-13)18-15-6-4-5-14(17)11(15)2/h4-10,18H,3H2,1-2H3,(H,19,20). The molecule has 0 aromatic heterocycles. The number of halogens is 1. The van der Waals surface area contributed by atoms with Crippen molar-refractivity contribution in [3.63, 3.8) is 0 Å². The van der Waals surface area contributed by atoms with Gasteiger partial charge < -0.3 is 10.1 Å². The third kappa shape index (κ3) is 4.13. The minimum absolute atomic E-state index is 0.347. The van der Waals surface area contributed by atoms with Crippen LogP contribution in [0.25, 0.3) is 0 Å². The molecule has 2 N–H and O–H groups in total. The summed E-state index contributed by atoms with van der Waals surface area (Å²) < 4.78 is 4.82. The zero-order chi connectivity index (χ0) is 15.2. The molecule has 0 radical (unpaired) electrons. The lowest BCUT2D eigenvalue weighted by Crippen LogP contribution is -2.13. The second kappa shape index (κ2) is 6.99. The number of rotatable bonds is 4. The van der Waals surface area contributed by atoms with E-state index in [2.05, 4.69) is 10.6 Å². The first-order chi connectivity index (χ1) is 10.1. The van der Waals surface area contributed by atoms with Crippen molar-refractivity contribution >= 4 is 34.8 Å². The van der Waals surface area contributed by atoms with Gasteiger partial charge in [0.25, 0.3) is 0 Å². The summed E-state index contributed by atoms with van der Waals surface area (Å²) in [6, 6.07) is 13.1. The number of hydrogen-bond donors (Lipinski definition) is 2. The van der Waals surface area contributed by atoms with Crippen LogP contribution in [0, 0.1) is 6.92 Å². The SMILES string of the molecule is CCOC(=O)Nc1ccc(Nc2cccc(Cl)c2C)cc1. The summed E-state index contributed by atoms with van der Waals surface area (Å²) in [4.78, 5) is 11.3. The summed E-state index contributed by atoms with van der Waals surface area (Å²) >= 11 is 6.09. The van der Waals surface area contributed by atoms with Gasteiger partial charge in [-0.2, -0.15) is 0 Å². The van der Waals surface area contributed by atoms with Crippen molar-refractivity contribution in [3.05, 3.63) is 53.1 Å². The topological polar surface area (TPSA) is 50.4 Å². The largest absolute Gasteiger partial charge is 0.450 e. The predicted molar refractivity (Wildman–Crippen MR) is 86.6 cm³/mol. The molecule has 1 amide bonds. The number of benzene rings is 2. The van der Waals surface area contributed by atoms with Gasteiger partial charge in [-0.1, -0.05) is 17.7 Å². The van der Waals surface area contributed by atoms with Crippen molar-refractivity contribution in [2.24, 2.45) is 0 Å². The second-order valence-corrected chi connectivity index (χ2v) is 4.87. The highest BCUT2D eigenvalue weighted by molar-refractivity contribution is 6.31. The Morgan fingerprint density at radius 2 is 1.81 bits per heavy atom. The van der Waals surface area contributed by atoms with E-state index in [0.29, 0.717) is 12.3 Å². The number of ether oxygens (including phenoxy) is 1. The summed E-state index contributed by atoms with van der Waals surface area (Å²) in [7, 11) is 0. The summed E-state index contributed by atoms with van der Waals surface area (Å²) in [5.74, 6) is 0. The fourth-order valence-electron chi connectivity index (χ4n) is 1.82. The third-order valence-corrected chi connectivity index (χ3v) is 3.36. The zero-order valence-corrected chi connectivity index (χ0v) is 12.7. The van der Waals surface area contributed by atoms with Crippen LogP contribution in [0.15, 0.2) is 42.5 Å². The first kappa shape index (κ1) is 15.2. The highest BCUT2D eigenvalue weighted by atomic mass is 35.5. The molecule has 4 nitrogen and oxygen atoms in total. The molecule has 0 saturated heterocycles. The lowest BCUT2D eigenvalue weighted by atomic mass is 10.2. The normalized spacial score (nSPS) is 10.0. The van der Waals surface area contributed by atoms with Gasteiger partial charge in [-0.25, -0.2) is 4.79 Å². The Kier molecular flexibility index (Phi) is 5.06. The molecule has 0 fully saturated rings. The van der Waals surface area contributed by atoms with E-state index >= 15 is 0 Å². The van der Waals surface area contributed by atoms with Gasteiger partial charge in [0.15, 0.2) is 0 Å². The monoisotopic (exact) mass is 304 g/mol. The fourth-order valence-corrected chi connectivity index (χ4v) is 1.99. The van der Waals surface area contributed by atoms with E-state index in [4.69, 9.17) is 16.3 Å². The Morgan fingerprint density at radius 3 is 2.48 bits per heavy atom. The third-order valence-electron chi connectivity index (χ3n) is 2.95. The Balaban J connectivity index is 2.05. The highest BCUT2D eigenvalue weighted by Gasteiger charge is 2.04. The smallest absolute Gasteiger partial charge is 0.411 e. The molecule has 2 rings (SSSR count). The average Bonchev–Trinajstić information content (AvgIpc) is 2.46. The number of anilines is 3. The molecule has 0 aliphatic rings. The molecule has 0 atom stereocenters. The van der Waals surface area contributed by atoms with Gasteiger partial charge in [0, 0.05) is 22.1 Å². The number of carbonyl (C=O) groups excluding carboxylic acids is 1. The van der Waals surface area contributed by atoms with Crippen LogP contribution in [0.1, 0.15) is 12.5 Å². The summed E-state index contributed by atoms with van der Waals surface area (Å²) in [5, 5.41) is 6.66. The van der Waals surface area contributed by atoms with Crippen molar-refractivity contribution in [1.29, 1.82) is 0 Å². The molecule has 110 valence electrons. The average molecular weight is 305 g/mol. The van der Waals surface area contributed by atoms with Gasteiger partial charge in [-0.05, 0) is 55.8 Å². The van der Waals surface area contributed by atoms with Crippen molar-refractivity contribution in [2.45, 2.75) is 13.8 Å². The zero-order valence-electron chi connectivity index (χ0n) is 11.9. The second-order valence-electron chi connectivity index (χ2n) is 4.46. The van der Waals surface area contributed by atoms with Gasteiger partial charge in [-0.15, -0.1) is 0 Å². The molecule has 0 spiro atoms. The quantitative estimate of drug-likeness (QED) is 0.839. The maximum absolute atomic E-state index is 11.3. The minimum Gasteiger partial charge on any atom is -0.450 e. The minimum atomic E-state index is -0.455. The number of hydrogen-bond acceptors (Lipinski definition) is 3. The van der Waals surface area contributed by atoms with Crippen LogP contribution in [-0.2, 0) is 4.74 Å². The van der Waals surface area contributed by atoms with Crippen molar-refractivity contribution in [1.82, 2.24) is 0 Å². The van der Waals surface area contributed by atoms with Gasteiger partial charge in [0.2, 0.25) is 0 Å². The van der Waals surface area contributed by atoms with Gasteiger partial charge in [0.05, 0.1) is 6.61 Å². The van der Waals surface area contributed by atoms with Crippen LogP contribution in [0.2, 0.25) is 5.02 Å². The molecule has 0 aliphatic carbocycles. The maximum atomic E-state index is 11.3. The Morgan fingerprint density at radius 1 is 1.14 bits per heavy atom. The molecule has 0 aliphatic heterocycles. The molecule has 2 aromatic rings. The molecule has 21 heavy (non-hydrogen) atoms. The Labute approximate surface area is 129 Å². The molecule has 0 unspecified atom stereocenters. The number of nitrogens with one attached hydrogen (secondary N) is 2. The van der Waals surface area contributed by atoms with Crippen molar-refractivity contribution in [3.8, 4) is 0 Å². The summed E-state index contributed by atoms with van der Waals surface area (Å²) in [5.41, 5.74) is 3.54. The molecule has 2 aromatic carbocycles. The number of amides is 1. The highest BCUT2D eigenvalue weighted by Crippen LogP contribution is 2.26. The van der Waals surface area contributed by atoms with Gasteiger partial charge in [0.1, 0.15) is 0 Å². The van der Waals surface area contributed by atoms with E-state index in [0.717, 1.165) is 22.0 Å². The van der Waals surface area contributed by atoms with Crippen LogP contribution in [0.4, 0.5) is 21.9 Å². The summed E-state index contributed by atoms with van der Waals surface area (Å²) in [6.07, 6.45) is -0.455.